The molecule has 0 spiro atoms. The zero-order valence-corrected chi connectivity index (χ0v) is 22.7. The number of rotatable bonds is 19. The summed E-state index contributed by atoms with van der Waals surface area (Å²) >= 11 is 0. The van der Waals surface area contributed by atoms with Gasteiger partial charge in [0, 0.05) is 6.92 Å². The lowest BCUT2D eigenvalue weighted by Crippen LogP contribution is -2.65. The third kappa shape index (κ3) is 10.1. The van der Waals surface area contributed by atoms with E-state index in [1.807, 2.05) is 4.74 Å². The SMILES string of the molecule is CC(F)(F)OC(F)(F)C(F)(F)OC(F)(F)C(F)(F)OC(F)(F)C(F)(F)OC(F)(F)C(F)(F)OC(F)(F)C(F)(F)OC(F)(F)C(F)(F)C(F)(F)C(F)(F)F. The van der Waals surface area contributed by atoms with E-state index in [0.717, 1.165) is 18.9 Å². The molecule has 0 aromatic heterocycles. The zero-order chi connectivity index (χ0) is 43.7. The third-order valence-electron chi connectivity index (χ3n) is 4.40. The molecule has 0 bridgehead atoms. The highest BCUT2D eigenvalue weighted by Gasteiger charge is 2.86. The third-order valence-corrected chi connectivity index (χ3v) is 4.40. The average molecular weight is 880 g/mol. The molecule has 53 heavy (non-hydrogen) atoms. The van der Waals surface area contributed by atoms with E-state index in [4.69, 9.17) is 0 Å². The van der Waals surface area contributed by atoms with E-state index in [1.54, 1.807) is 0 Å². The van der Waals surface area contributed by atoms with Gasteiger partial charge in [-0.05, 0) is 0 Å². The largest absolute Gasteiger partial charge is 0.460 e. The van der Waals surface area contributed by atoms with Crippen molar-refractivity contribution in [1.29, 1.82) is 0 Å². The normalized spacial score (nSPS) is 16.8. The van der Waals surface area contributed by atoms with Gasteiger partial charge in [0.2, 0.25) is 0 Å². The van der Waals surface area contributed by atoms with Crippen molar-refractivity contribution in [2.45, 2.75) is 98.2 Å². The second-order valence-electron chi connectivity index (χ2n) is 8.75. The van der Waals surface area contributed by atoms with Crippen LogP contribution in [0.4, 0.5) is 136 Å². The summed E-state index contributed by atoms with van der Waals surface area (Å²) in [5.74, 6) is -16.8. The first-order valence-corrected chi connectivity index (χ1v) is 10.8. The van der Waals surface area contributed by atoms with Crippen LogP contribution in [0.25, 0.3) is 0 Å². The van der Waals surface area contributed by atoms with Gasteiger partial charge in [-0.1, -0.05) is 0 Å². The van der Waals surface area contributed by atoms with Gasteiger partial charge in [-0.3, -0.25) is 0 Å². The maximum atomic E-state index is 13.4. The Balaban J connectivity index is 6.44. The van der Waals surface area contributed by atoms with Gasteiger partial charge in [-0.15, -0.1) is 0 Å². The maximum Gasteiger partial charge on any atom is 0.460 e. The van der Waals surface area contributed by atoms with Crippen molar-refractivity contribution in [2.24, 2.45) is 0 Å². The molecule has 0 radical (unpaired) electrons. The van der Waals surface area contributed by atoms with Crippen LogP contribution < -0.4 is 0 Å². The van der Waals surface area contributed by atoms with Crippen LogP contribution in [-0.2, 0) is 28.4 Å². The van der Waals surface area contributed by atoms with Gasteiger partial charge >= 0.3 is 91.3 Å². The van der Waals surface area contributed by atoms with Gasteiger partial charge in [-0.25, -0.2) is 28.4 Å². The number of ether oxygens (including phenoxy) is 6. The first kappa shape index (κ1) is 50.6. The van der Waals surface area contributed by atoms with Gasteiger partial charge in [0.25, 0.3) is 0 Å². The van der Waals surface area contributed by atoms with E-state index >= 15 is 0 Å². The van der Waals surface area contributed by atoms with E-state index in [1.165, 1.54) is 4.74 Å². The van der Waals surface area contributed by atoms with Crippen LogP contribution in [0.15, 0.2) is 0 Å². The van der Waals surface area contributed by atoms with E-state index in [0.29, 0.717) is 0 Å². The lowest BCUT2D eigenvalue weighted by molar-refractivity contribution is -0.595. The standard InChI is InChI=1S/C16H3F31O6/c1-2(17,18)48-7(28,29)8(30,31)50-11(36,37)12(38,39)52-15(44,45)16(46,47)53-14(42,43)13(40,41)51-10(34,35)9(32,33)49-6(26,27)4(21,22)3(19,20)5(23,24)25/h1H3. The molecule has 0 rings (SSSR count). The minimum Gasteiger partial charge on any atom is -0.248 e. The van der Waals surface area contributed by atoms with Crippen LogP contribution in [0.2, 0.25) is 0 Å². The van der Waals surface area contributed by atoms with E-state index in [9.17, 15) is 136 Å². The quantitative estimate of drug-likeness (QED) is 0.121. The van der Waals surface area contributed by atoms with E-state index < -0.39 is 98.2 Å². The summed E-state index contributed by atoms with van der Waals surface area (Å²) in [6.45, 7) is -0.896. The van der Waals surface area contributed by atoms with Crippen LogP contribution in [0.5, 0.6) is 0 Å². The molecule has 0 saturated carbocycles. The minimum absolute atomic E-state index is 0.896. The highest BCUT2D eigenvalue weighted by atomic mass is 19.4. The summed E-state index contributed by atoms with van der Waals surface area (Å²) in [7, 11) is 0. The molecule has 0 atom stereocenters. The molecule has 0 amide bonds. The van der Waals surface area contributed by atoms with Crippen LogP contribution >= 0.6 is 0 Å². The van der Waals surface area contributed by atoms with E-state index in [2.05, 4.69) is 0 Å². The predicted octanol–water partition coefficient (Wildman–Crippen LogP) is 10.1. The number of halogens is 31. The van der Waals surface area contributed by atoms with Crippen molar-refractivity contribution in [2.75, 3.05) is 0 Å². The molecular weight excluding hydrogens is 877 g/mol. The Morgan fingerprint density at radius 2 is 0.358 bits per heavy atom. The van der Waals surface area contributed by atoms with Gasteiger partial charge in [-0.2, -0.15) is 136 Å². The van der Waals surface area contributed by atoms with Crippen LogP contribution in [-0.4, -0.2) is 91.3 Å². The summed E-state index contributed by atoms with van der Waals surface area (Å²) in [5.41, 5.74) is 0. The van der Waals surface area contributed by atoms with Crippen molar-refractivity contribution in [1.82, 2.24) is 0 Å². The molecule has 0 fully saturated rings. The lowest BCUT2D eigenvalue weighted by Gasteiger charge is -2.38. The minimum atomic E-state index is -8.51. The van der Waals surface area contributed by atoms with Crippen molar-refractivity contribution in [3.8, 4) is 0 Å². The summed E-state index contributed by atoms with van der Waals surface area (Å²) in [6.07, 6.45) is -103. The summed E-state index contributed by atoms with van der Waals surface area (Å²) in [6, 6.07) is 0. The Bertz CT molecular complexity index is 1260. The Hall–Kier alpha value is -2.41. The Morgan fingerprint density at radius 1 is 0.208 bits per heavy atom. The Kier molecular flexibility index (Phi) is 12.8. The summed E-state index contributed by atoms with van der Waals surface area (Å²) in [4.78, 5) is 0. The zero-order valence-electron chi connectivity index (χ0n) is 22.7. The van der Waals surface area contributed by atoms with Gasteiger partial charge in [0.05, 0.1) is 0 Å². The average Bonchev–Trinajstić information content (AvgIpc) is 2.77. The fraction of sp³-hybridized carbons (Fsp3) is 1.00. The Morgan fingerprint density at radius 3 is 0.509 bits per heavy atom. The van der Waals surface area contributed by atoms with Crippen molar-refractivity contribution in [3.05, 3.63) is 0 Å². The fourth-order valence-electron chi connectivity index (χ4n) is 2.05. The summed E-state index contributed by atoms with van der Waals surface area (Å²) < 4.78 is 411. The number of hydrogen-bond acceptors (Lipinski definition) is 6. The Labute approximate surface area is 264 Å². The fourth-order valence-corrected chi connectivity index (χ4v) is 2.05. The lowest BCUT2D eigenvalue weighted by atomic mass is 10.1. The van der Waals surface area contributed by atoms with Crippen molar-refractivity contribution in [3.63, 3.8) is 0 Å². The molecule has 0 aromatic carbocycles. The molecule has 0 aliphatic rings. The molecule has 0 unspecified atom stereocenters. The van der Waals surface area contributed by atoms with Gasteiger partial charge < -0.3 is 0 Å². The van der Waals surface area contributed by atoms with Crippen LogP contribution in [0, 0.1) is 0 Å². The monoisotopic (exact) mass is 880 g/mol. The first-order chi connectivity index (χ1) is 22.2. The highest BCUT2D eigenvalue weighted by molar-refractivity contribution is 4.97. The maximum absolute atomic E-state index is 13.4. The van der Waals surface area contributed by atoms with Gasteiger partial charge in [0.1, 0.15) is 0 Å². The molecule has 0 N–H and O–H groups in total. The second-order valence-corrected chi connectivity index (χ2v) is 8.75. The molecule has 0 saturated heterocycles. The number of alkyl halides is 31. The topological polar surface area (TPSA) is 55.4 Å². The molecule has 0 aliphatic heterocycles. The van der Waals surface area contributed by atoms with Crippen LogP contribution in [0.1, 0.15) is 6.92 Å². The van der Waals surface area contributed by atoms with E-state index in [-0.39, 0.29) is 0 Å². The van der Waals surface area contributed by atoms with Crippen molar-refractivity contribution < 1.29 is 165 Å². The first-order valence-electron chi connectivity index (χ1n) is 10.8. The smallest absolute Gasteiger partial charge is 0.248 e. The highest BCUT2D eigenvalue weighted by Crippen LogP contribution is 2.57. The molecule has 37 heteroatoms. The molecule has 6 nitrogen and oxygen atoms in total. The molecular formula is C16H3F31O6. The van der Waals surface area contributed by atoms with Crippen molar-refractivity contribution >= 4 is 0 Å². The molecule has 0 aromatic rings. The van der Waals surface area contributed by atoms with Crippen LogP contribution in [0.3, 0.4) is 0 Å². The summed E-state index contributed by atoms with van der Waals surface area (Å²) in [5, 5.41) is 0. The number of hydrogen-bond donors (Lipinski definition) is 0. The molecule has 0 aliphatic carbocycles. The molecule has 320 valence electrons. The molecule has 0 heterocycles. The predicted molar refractivity (Wildman–Crippen MR) is 87.5 cm³/mol. The van der Waals surface area contributed by atoms with Gasteiger partial charge in [0.15, 0.2) is 0 Å². The second kappa shape index (κ2) is 13.4.